The molecule has 5 heteroatoms. The molecular formula is C22H31FN2O2. The Bertz CT molecular complexity index is 671. The van der Waals surface area contributed by atoms with Crippen molar-refractivity contribution in [3.8, 4) is 0 Å². The molecule has 3 aliphatic rings. The van der Waals surface area contributed by atoms with E-state index in [9.17, 15) is 4.79 Å². The molecule has 0 N–H and O–H groups in total. The molecule has 27 heavy (non-hydrogen) atoms. The Morgan fingerprint density at radius 3 is 2.52 bits per heavy atom. The van der Waals surface area contributed by atoms with Crippen LogP contribution in [-0.4, -0.2) is 51.8 Å². The molecule has 0 aromatic heterocycles. The topological polar surface area (TPSA) is 32.8 Å². The number of nitrogens with zero attached hydrogens (tertiary/aromatic N) is 2. The van der Waals surface area contributed by atoms with Crippen LogP contribution < -0.4 is 0 Å². The van der Waals surface area contributed by atoms with Crippen molar-refractivity contribution in [3.05, 3.63) is 35.9 Å². The Labute approximate surface area is 161 Å². The first-order chi connectivity index (χ1) is 12.8. The number of amides is 1. The van der Waals surface area contributed by atoms with Gasteiger partial charge in [-0.15, -0.1) is 0 Å². The van der Waals surface area contributed by atoms with Crippen LogP contribution in [0.15, 0.2) is 30.3 Å². The Morgan fingerprint density at radius 1 is 1.19 bits per heavy atom. The molecular weight excluding hydrogens is 343 g/mol. The summed E-state index contributed by atoms with van der Waals surface area (Å²) in [7, 11) is 0. The largest absolute Gasteiger partial charge is 0.444 e. The summed E-state index contributed by atoms with van der Waals surface area (Å²) in [6.07, 6.45) is 3.27. The van der Waals surface area contributed by atoms with Crippen molar-refractivity contribution in [2.45, 2.75) is 95.4 Å². The lowest BCUT2D eigenvalue weighted by atomic mass is 9.93. The first kappa shape index (κ1) is 18.7. The lowest BCUT2D eigenvalue weighted by Crippen LogP contribution is -2.60. The van der Waals surface area contributed by atoms with Crippen molar-refractivity contribution in [1.29, 1.82) is 0 Å². The third kappa shape index (κ3) is 3.98. The maximum absolute atomic E-state index is 15.6. The molecule has 2 saturated heterocycles. The highest BCUT2D eigenvalue weighted by Gasteiger charge is 2.53. The molecule has 4 rings (SSSR count). The van der Waals surface area contributed by atoms with Gasteiger partial charge >= 0.3 is 6.09 Å². The number of ether oxygens (including phenoxy) is 1. The summed E-state index contributed by atoms with van der Waals surface area (Å²) in [5, 5.41) is 0. The smallest absolute Gasteiger partial charge is 0.410 e. The van der Waals surface area contributed by atoms with Crippen LogP contribution in [0.5, 0.6) is 0 Å². The van der Waals surface area contributed by atoms with Gasteiger partial charge in [-0.05, 0) is 58.4 Å². The summed E-state index contributed by atoms with van der Waals surface area (Å²) in [6.45, 7) is 6.38. The summed E-state index contributed by atoms with van der Waals surface area (Å²) >= 11 is 0. The molecule has 2 heterocycles. The number of carbonyl (C=O) groups is 1. The number of hydrogen-bond acceptors (Lipinski definition) is 3. The zero-order valence-corrected chi connectivity index (χ0v) is 16.6. The molecule has 2 aliphatic heterocycles. The van der Waals surface area contributed by atoms with Gasteiger partial charge in [0.1, 0.15) is 11.8 Å². The van der Waals surface area contributed by atoms with Crippen LogP contribution in [0.1, 0.15) is 58.4 Å². The van der Waals surface area contributed by atoms with Crippen molar-refractivity contribution in [2.24, 2.45) is 0 Å². The van der Waals surface area contributed by atoms with Crippen molar-refractivity contribution < 1.29 is 13.9 Å². The van der Waals surface area contributed by atoms with Gasteiger partial charge in [0, 0.05) is 24.7 Å². The second kappa shape index (κ2) is 7.08. The van der Waals surface area contributed by atoms with Gasteiger partial charge in [-0.25, -0.2) is 9.18 Å². The highest BCUT2D eigenvalue weighted by atomic mass is 19.1. The van der Waals surface area contributed by atoms with Crippen LogP contribution >= 0.6 is 0 Å². The maximum atomic E-state index is 15.6. The number of piperidine rings is 1. The number of halogens is 1. The Balaban J connectivity index is 1.50. The standard InChI is InChI=1S/C22H31FN2O2/c1-22(2,3)27-21(26)25-17-11-12-18(25)20(23)19(13-17)24(16-9-10-16)14-15-7-5-4-6-8-15/h4-8,16-20H,9-14H2,1-3H3/t17-,18+,19-,20+/m1/s1. The van der Waals surface area contributed by atoms with Gasteiger partial charge in [0.05, 0.1) is 6.04 Å². The van der Waals surface area contributed by atoms with Crippen LogP contribution in [0.4, 0.5) is 9.18 Å². The van der Waals surface area contributed by atoms with Crippen LogP contribution in [0.2, 0.25) is 0 Å². The molecule has 3 fully saturated rings. The maximum Gasteiger partial charge on any atom is 0.410 e. The Morgan fingerprint density at radius 2 is 1.89 bits per heavy atom. The van der Waals surface area contributed by atoms with E-state index in [1.54, 1.807) is 4.90 Å². The normalized spacial score (nSPS) is 30.6. The molecule has 4 atom stereocenters. The average Bonchev–Trinajstić information content (AvgIpc) is 3.38. The van der Waals surface area contributed by atoms with Crippen LogP contribution in [0.3, 0.4) is 0 Å². The van der Waals surface area contributed by atoms with Gasteiger partial charge in [-0.3, -0.25) is 9.80 Å². The van der Waals surface area contributed by atoms with E-state index in [0.717, 1.165) is 32.2 Å². The van der Waals surface area contributed by atoms with E-state index < -0.39 is 11.8 Å². The van der Waals surface area contributed by atoms with Crippen molar-refractivity contribution in [2.75, 3.05) is 0 Å². The molecule has 148 valence electrons. The quantitative estimate of drug-likeness (QED) is 0.776. The van der Waals surface area contributed by atoms with Crippen molar-refractivity contribution in [3.63, 3.8) is 0 Å². The van der Waals surface area contributed by atoms with Crippen molar-refractivity contribution in [1.82, 2.24) is 9.80 Å². The molecule has 0 unspecified atom stereocenters. The SMILES string of the molecule is CC(C)(C)OC(=O)N1[C@@H]2CC[C@H]1[C@H](F)[C@H](N(Cc1ccccc1)C1CC1)C2. The number of alkyl halides is 1. The molecule has 0 radical (unpaired) electrons. The molecule has 1 saturated carbocycles. The molecule has 1 aromatic rings. The molecule has 1 amide bonds. The van der Waals surface area contributed by atoms with Crippen molar-refractivity contribution >= 4 is 6.09 Å². The number of rotatable bonds is 4. The minimum Gasteiger partial charge on any atom is -0.444 e. The van der Waals surface area contributed by atoms with Gasteiger partial charge in [-0.1, -0.05) is 30.3 Å². The first-order valence-corrected chi connectivity index (χ1v) is 10.3. The monoisotopic (exact) mass is 374 g/mol. The van der Waals surface area contributed by atoms with E-state index in [4.69, 9.17) is 4.74 Å². The third-order valence-electron chi connectivity index (χ3n) is 6.05. The predicted octanol–water partition coefficient (Wildman–Crippen LogP) is 4.53. The van der Waals surface area contributed by atoms with E-state index >= 15 is 4.39 Å². The number of benzene rings is 1. The zero-order valence-electron chi connectivity index (χ0n) is 16.6. The van der Waals surface area contributed by atoms with Gasteiger partial charge in [0.15, 0.2) is 0 Å². The Kier molecular flexibility index (Phi) is 4.91. The van der Waals surface area contributed by atoms with E-state index in [-0.39, 0.29) is 24.2 Å². The van der Waals surface area contributed by atoms with E-state index in [0.29, 0.717) is 12.5 Å². The van der Waals surface area contributed by atoms with E-state index in [2.05, 4.69) is 17.0 Å². The fourth-order valence-corrected chi connectivity index (χ4v) is 4.76. The second-order valence-corrected chi connectivity index (χ2v) is 9.32. The van der Waals surface area contributed by atoms with Crippen LogP contribution in [-0.2, 0) is 11.3 Å². The minimum absolute atomic E-state index is 0.0962. The summed E-state index contributed by atoms with van der Waals surface area (Å²) in [5.41, 5.74) is 0.686. The van der Waals surface area contributed by atoms with E-state index in [1.165, 1.54) is 5.56 Å². The number of carbonyl (C=O) groups excluding carboxylic acids is 1. The fraction of sp³-hybridized carbons (Fsp3) is 0.682. The molecule has 1 aromatic carbocycles. The van der Waals surface area contributed by atoms with Crippen LogP contribution in [0, 0.1) is 0 Å². The first-order valence-electron chi connectivity index (χ1n) is 10.3. The third-order valence-corrected chi connectivity index (χ3v) is 6.05. The summed E-state index contributed by atoms with van der Waals surface area (Å²) in [5.74, 6) is 0. The fourth-order valence-electron chi connectivity index (χ4n) is 4.76. The van der Waals surface area contributed by atoms with Gasteiger partial charge in [0.25, 0.3) is 0 Å². The van der Waals surface area contributed by atoms with Crippen LogP contribution in [0.25, 0.3) is 0 Å². The average molecular weight is 375 g/mol. The molecule has 1 aliphatic carbocycles. The highest BCUT2D eigenvalue weighted by Crippen LogP contribution is 2.43. The molecule has 0 spiro atoms. The number of hydrogen-bond donors (Lipinski definition) is 0. The summed E-state index contributed by atoms with van der Waals surface area (Å²) < 4.78 is 21.2. The second-order valence-electron chi connectivity index (χ2n) is 9.32. The lowest BCUT2D eigenvalue weighted by Gasteiger charge is -2.45. The molecule has 2 bridgehead atoms. The summed E-state index contributed by atoms with van der Waals surface area (Å²) in [4.78, 5) is 16.7. The Hall–Kier alpha value is -1.62. The number of fused-ring (bicyclic) bond motifs is 2. The minimum atomic E-state index is -1.01. The highest BCUT2D eigenvalue weighted by molar-refractivity contribution is 5.70. The lowest BCUT2D eigenvalue weighted by molar-refractivity contribution is -0.0367. The van der Waals surface area contributed by atoms with Gasteiger partial charge < -0.3 is 4.74 Å². The molecule has 4 nitrogen and oxygen atoms in total. The van der Waals surface area contributed by atoms with E-state index in [1.807, 2.05) is 39.0 Å². The summed E-state index contributed by atoms with van der Waals surface area (Å²) in [6, 6.07) is 10.5. The van der Waals surface area contributed by atoms with Gasteiger partial charge in [0.2, 0.25) is 0 Å². The van der Waals surface area contributed by atoms with Gasteiger partial charge in [-0.2, -0.15) is 0 Å². The predicted molar refractivity (Wildman–Crippen MR) is 103 cm³/mol. The zero-order chi connectivity index (χ0) is 19.2.